The summed E-state index contributed by atoms with van der Waals surface area (Å²) in [5.74, 6) is 1.16. The minimum absolute atomic E-state index is 0.0789. The van der Waals surface area contributed by atoms with E-state index in [1.54, 1.807) is 10.9 Å². The van der Waals surface area contributed by atoms with Crippen molar-refractivity contribution in [2.45, 2.75) is 30.6 Å². The number of aryl methyl sites for hydroxylation is 1. The van der Waals surface area contributed by atoms with E-state index in [2.05, 4.69) is 19.9 Å². The summed E-state index contributed by atoms with van der Waals surface area (Å²) >= 11 is 1.41. The second-order valence-electron chi connectivity index (χ2n) is 6.53. The molecule has 3 heterocycles. The summed E-state index contributed by atoms with van der Waals surface area (Å²) in [6, 6.07) is 9.32. The molecule has 1 fully saturated rings. The predicted octanol–water partition coefficient (Wildman–Crippen LogP) is 2.83. The zero-order chi connectivity index (χ0) is 18.6. The predicted molar refractivity (Wildman–Crippen MR) is 103 cm³/mol. The molecule has 0 amide bonds. The first-order chi connectivity index (χ1) is 13.2. The Labute approximate surface area is 161 Å². The third-order valence-electron chi connectivity index (χ3n) is 4.52. The molecular weight excluding hydrogens is 362 g/mol. The topological polar surface area (TPSA) is 74.8 Å². The van der Waals surface area contributed by atoms with Crippen molar-refractivity contribution in [2.75, 3.05) is 12.4 Å². The molecule has 1 saturated heterocycles. The Morgan fingerprint density at radius 2 is 2.15 bits per heavy atom. The lowest BCUT2D eigenvalue weighted by molar-refractivity contribution is 0.0953. The summed E-state index contributed by atoms with van der Waals surface area (Å²) < 4.78 is 9.59. The number of hydrogen-bond acceptors (Lipinski definition) is 6. The second kappa shape index (κ2) is 8.06. The highest BCUT2D eigenvalue weighted by molar-refractivity contribution is 7.99. The van der Waals surface area contributed by atoms with E-state index in [9.17, 15) is 4.79 Å². The maximum absolute atomic E-state index is 12.4. The van der Waals surface area contributed by atoms with Gasteiger partial charge in [-0.2, -0.15) is 5.10 Å². The van der Waals surface area contributed by atoms with Gasteiger partial charge in [-0.3, -0.25) is 14.0 Å². The number of benzene rings is 1. The second-order valence-corrected chi connectivity index (χ2v) is 7.47. The van der Waals surface area contributed by atoms with Crippen molar-refractivity contribution in [3.05, 3.63) is 48.3 Å². The smallest absolute Gasteiger partial charge is 0.192 e. The van der Waals surface area contributed by atoms with E-state index in [-0.39, 0.29) is 11.9 Å². The molecule has 0 N–H and O–H groups in total. The largest absolute Gasteiger partial charge is 0.376 e. The zero-order valence-corrected chi connectivity index (χ0v) is 15.9. The summed E-state index contributed by atoms with van der Waals surface area (Å²) in [7, 11) is 1.87. The number of ether oxygens (including phenoxy) is 1. The third-order valence-corrected chi connectivity index (χ3v) is 5.49. The van der Waals surface area contributed by atoms with Crippen LogP contribution in [-0.2, 0) is 18.3 Å². The average molecular weight is 383 g/mol. The number of ketones is 1. The van der Waals surface area contributed by atoms with Crippen LogP contribution in [0.4, 0.5) is 0 Å². The molecule has 0 spiro atoms. The van der Waals surface area contributed by atoms with Gasteiger partial charge in [0.25, 0.3) is 0 Å². The number of carbonyl (C=O) groups is 1. The Bertz CT molecular complexity index is 915. The molecule has 3 aromatic rings. The molecule has 8 heteroatoms. The van der Waals surface area contributed by atoms with Crippen molar-refractivity contribution < 1.29 is 9.53 Å². The minimum Gasteiger partial charge on any atom is -0.376 e. The Morgan fingerprint density at radius 3 is 2.85 bits per heavy atom. The van der Waals surface area contributed by atoms with Gasteiger partial charge in [0.05, 0.1) is 30.2 Å². The van der Waals surface area contributed by atoms with Gasteiger partial charge in [0.1, 0.15) is 0 Å². The molecule has 1 atom stereocenters. The van der Waals surface area contributed by atoms with E-state index in [0.717, 1.165) is 36.0 Å². The van der Waals surface area contributed by atoms with Crippen molar-refractivity contribution in [1.82, 2.24) is 24.5 Å². The van der Waals surface area contributed by atoms with Crippen LogP contribution in [0.3, 0.4) is 0 Å². The monoisotopic (exact) mass is 383 g/mol. The maximum atomic E-state index is 12.4. The van der Waals surface area contributed by atoms with Gasteiger partial charge in [0.15, 0.2) is 16.8 Å². The molecule has 27 heavy (non-hydrogen) atoms. The SMILES string of the molecule is Cn1cc(-c2nnc(SCC(=O)c3ccccc3)n2CC2CCCO2)cn1. The first-order valence-corrected chi connectivity index (χ1v) is 9.94. The lowest BCUT2D eigenvalue weighted by Crippen LogP contribution is -2.17. The fraction of sp³-hybridized carbons (Fsp3) is 0.368. The molecule has 1 aliphatic rings. The Balaban J connectivity index is 1.55. The number of thioether (sulfide) groups is 1. The quantitative estimate of drug-likeness (QED) is 0.461. The van der Waals surface area contributed by atoms with Gasteiger partial charge in [-0.05, 0) is 12.8 Å². The van der Waals surface area contributed by atoms with Gasteiger partial charge in [-0.25, -0.2) is 0 Å². The van der Waals surface area contributed by atoms with Crippen molar-refractivity contribution in [3.63, 3.8) is 0 Å². The van der Waals surface area contributed by atoms with Gasteiger partial charge >= 0.3 is 0 Å². The molecule has 7 nitrogen and oxygen atoms in total. The van der Waals surface area contributed by atoms with Crippen LogP contribution >= 0.6 is 11.8 Å². The number of aromatic nitrogens is 5. The number of carbonyl (C=O) groups excluding carboxylic acids is 1. The molecular formula is C19H21N5O2S. The van der Waals surface area contributed by atoms with E-state index in [1.807, 2.05) is 43.6 Å². The molecule has 0 bridgehead atoms. The van der Waals surface area contributed by atoms with Crippen LogP contribution in [0.15, 0.2) is 47.9 Å². The summed E-state index contributed by atoms with van der Waals surface area (Å²) in [5.41, 5.74) is 1.62. The fourth-order valence-electron chi connectivity index (χ4n) is 3.14. The van der Waals surface area contributed by atoms with Crippen LogP contribution in [0.5, 0.6) is 0 Å². The Hall–Kier alpha value is -2.45. The molecule has 140 valence electrons. The van der Waals surface area contributed by atoms with Gasteiger partial charge < -0.3 is 4.74 Å². The highest BCUT2D eigenvalue weighted by Gasteiger charge is 2.22. The van der Waals surface area contributed by atoms with E-state index < -0.39 is 0 Å². The van der Waals surface area contributed by atoms with Gasteiger partial charge in [-0.15, -0.1) is 10.2 Å². The Morgan fingerprint density at radius 1 is 1.30 bits per heavy atom. The molecule has 0 aliphatic carbocycles. The first kappa shape index (κ1) is 17.9. The van der Waals surface area contributed by atoms with Crippen LogP contribution in [0.2, 0.25) is 0 Å². The maximum Gasteiger partial charge on any atom is 0.192 e. The number of Topliss-reactive ketones (excluding diaryl/α,β-unsaturated/α-hetero) is 1. The van der Waals surface area contributed by atoms with Gasteiger partial charge in [0.2, 0.25) is 0 Å². The van der Waals surface area contributed by atoms with Crippen LogP contribution < -0.4 is 0 Å². The van der Waals surface area contributed by atoms with E-state index in [0.29, 0.717) is 17.9 Å². The summed E-state index contributed by atoms with van der Waals surface area (Å²) in [6.07, 6.45) is 5.95. The van der Waals surface area contributed by atoms with E-state index >= 15 is 0 Å². The fourth-order valence-corrected chi connectivity index (χ4v) is 3.98. The Kier molecular flexibility index (Phi) is 5.35. The standard InChI is InChI=1S/C19H21N5O2S/c1-23-11-15(10-20-23)18-21-22-19(24(18)12-16-8-5-9-26-16)27-13-17(25)14-6-3-2-4-7-14/h2-4,6-7,10-11,16H,5,8-9,12-13H2,1H3. The highest BCUT2D eigenvalue weighted by Crippen LogP contribution is 2.26. The van der Waals surface area contributed by atoms with Crippen LogP contribution in [0, 0.1) is 0 Å². The molecule has 0 saturated carbocycles. The van der Waals surface area contributed by atoms with Crippen molar-refractivity contribution in [3.8, 4) is 11.4 Å². The summed E-state index contributed by atoms with van der Waals surface area (Å²) in [5, 5.41) is 13.7. The average Bonchev–Trinajstić information content (AvgIpc) is 3.43. The van der Waals surface area contributed by atoms with Crippen LogP contribution in [0.25, 0.3) is 11.4 Å². The van der Waals surface area contributed by atoms with E-state index in [1.165, 1.54) is 11.8 Å². The zero-order valence-electron chi connectivity index (χ0n) is 15.1. The van der Waals surface area contributed by atoms with Crippen LogP contribution in [-0.4, -0.2) is 48.8 Å². The number of rotatable bonds is 7. The van der Waals surface area contributed by atoms with Gasteiger partial charge in [-0.1, -0.05) is 42.1 Å². The summed E-state index contributed by atoms with van der Waals surface area (Å²) in [6.45, 7) is 1.48. The lowest BCUT2D eigenvalue weighted by atomic mass is 10.2. The summed E-state index contributed by atoms with van der Waals surface area (Å²) in [4.78, 5) is 12.4. The minimum atomic E-state index is 0.0789. The number of nitrogens with zero attached hydrogens (tertiary/aromatic N) is 5. The van der Waals surface area contributed by atoms with E-state index in [4.69, 9.17) is 4.74 Å². The van der Waals surface area contributed by atoms with Crippen LogP contribution in [0.1, 0.15) is 23.2 Å². The molecule has 1 unspecified atom stereocenters. The molecule has 4 rings (SSSR count). The van der Waals surface area contributed by atoms with Crippen molar-refractivity contribution in [2.24, 2.45) is 7.05 Å². The van der Waals surface area contributed by atoms with Gasteiger partial charge in [0, 0.05) is 25.4 Å². The molecule has 1 aromatic carbocycles. The molecule has 0 radical (unpaired) electrons. The normalized spacial score (nSPS) is 16.7. The van der Waals surface area contributed by atoms with Crippen molar-refractivity contribution >= 4 is 17.5 Å². The van der Waals surface area contributed by atoms with Crippen molar-refractivity contribution in [1.29, 1.82) is 0 Å². The number of hydrogen-bond donors (Lipinski definition) is 0. The lowest BCUT2D eigenvalue weighted by Gasteiger charge is -2.14. The molecule has 1 aliphatic heterocycles. The first-order valence-electron chi connectivity index (χ1n) is 8.95. The third kappa shape index (κ3) is 4.12. The highest BCUT2D eigenvalue weighted by atomic mass is 32.2. The molecule has 2 aromatic heterocycles.